The summed E-state index contributed by atoms with van der Waals surface area (Å²) in [5.41, 5.74) is 1.84. The summed E-state index contributed by atoms with van der Waals surface area (Å²) in [6, 6.07) is 15.5. The van der Waals surface area contributed by atoms with E-state index in [1.807, 2.05) is 49.4 Å². The molecule has 0 radical (unpaired) electrons. The number of aromatic nitrogens is 3. The Morgan fingerprint density at radius 3 is 2.73 bits per heavy atom. The lowest BCUT2D eigenvalue weighted by Gasteiger charge is -2.02. The lowest BCUT2D eigenvalue weighted by atomic mass is 10.2. The number of para-hydroxylation sites is 1. The number of fused-ring (bicyclic) bond motifs is 1. The Bertz CT molecular complexity index is 1090. The van der Waals surface area contributed by atoms with Gasteiger partial charge in [-0.15, -0.1) is 11.3 Å². The van der Waals surface area contributed by atoms with Crippen LogP contribution in [-0.2, 0) is 17.6 Å². The number of rotatable bonds is 9. The molecule has 0 fully saturated rings. The minimum atomic E-state index is -0.0445. The zero-order valence-electron chi connectivity index (χ0n) is 16.6. The first-order chi connectivity index (χ1) is 14.7. The molecule has 4 aromatic rings. The Morgan fingerprint density at radius 1 is 1.10 bits per heavy atom. The van der Waals surface area contributed by atoms with E-state index in [1.165, 1.54) is 4.70 Å². The smallest absolute Gasteiger partial charge is 0.227 e. The molecule has 0 saturated carbocycles. The van der Waals surface area contributed by atoms with Gasteiger partial charge in [-0.25, -0.2) is 4.98 Å². The van der Waals surface area contributed by atoms with Gasteiger partial charge in [-0.1, -0.05) is 17.3 Å². The van der Waals surface area contributed by atoms with Crippen molar-refractivity contribution in [3.05, 3.63) is 59.4 Å². The van der Waals surface area contributed by atoms with Gasteiger partial charge in [0.15, 0.2) is 0 Å². The van der Waals surface area contributed by atoms with E-state index in [2.05, 4.69) is 26.5 Å². The van der Waals surface area contributed by atoms with E-state index in [0.29, 0.717) is 44.1 Å². The SMILES string of the molecule is CCOc1ccc(-c2noc(CCC(=O)NCCc3nc4ccccc4s3)n2)cc1. The van der Waals surface area contributed by atoms with Gasteiger partial charge >= 0.3 is 0 Å². The maximum atomic E-state index is 12.1. The van der Waals surface area contributed by atoms with Crippen molar-refractivity contribution in [2.75, 3.05) is 13.2 Å². The molecule has 154 valence electrons. The highest BCUT2D eigenvalue weighted by Crippen LogP contribution is 2.22. The van der Waals surface area contributed by atoms with Gasteiger partial charge in [-0.2, -0.15) is 4.98 Å². The predicted molar refractivity (Wildman–Crippen MR) is 116 cm³/mol. The van der Waals surface area contributed by atoms with Crippen molar-refractivity contribution < 1.29 is 14.1 Å². The van der Waals surface area contributed by atoms with Crippen molar-refractivity contribution in [3.63, 3.8) is 0 Å². The molecule has 4 rings (SSSR count). The normalized spacial score (nSPS) is 11.0. The van der Waals surface area contributed by atoms with Gasteiger partial charge in [0, 0.05) is 31.4 Å². The average molecular weight is 423 g/mol. The topological polar surface area (TPSA) is 90.1 Å². The van der Waals surface area contributed by atoms with E-state index in [-0.39, 0.29) is 5.91 Å². The summed E-state index contributed by atoms with van der Waals surface area (Å²) in [7, 11) is 0. The molecule has 0 saturated heterocycles. The van der Waals surface area contributed by atoms with Crippen molar-refractivity contribution in [1.29, 1.82) is 0 Å². The number of aryl methyl sites for hydroxylation is 1. The Kier molecular flexibility index (Phi) is 6.34. The molecule has 2 aromatic carbocycles. The molecular formula is C22H22N4O3S. The largest absolute Gasteiger partial charge is 0.494 e. The molecule has 0 unspecified atom stereocenters. The standard InChI is InChI=1S/C22H22N4O3S/c1-2-28-16-9-7-15(8-10-16)22-25-20(29-26-22)12-11-19(27)23-14-13-21-24-17-5-3-4-6-18(17)30-21/h3-10H,2,11-14H2,1H3,(H,23,27). The summed E-state index contributed by atoms with van der Waals surface area (Å²) < 4.78 is 11.9. The number of carbonyl (C=O) groups excluding carboxylic acids is 1. The van der Waals surface area contributed by atoms with Crippen molar-refractivity contribution in [1.82, 2.24) is 20.4 Å². The first-order valence-electron chi connectivity index (χ1n) is 9.88. The summed E-state index contributed by atoms with van der Waals surface area (Å²) in [6.45, 7) is 3.12. The van der Waals surface area contributed by atoms with E-state index in [0.717, 1.165) is 21.8 Å². The first-order valence-corrected chi connectivity index (χ1v) is 10.7. The van der Waals surface area contributed by atoms with Crippen LogP contribution in [0.3, 0.4) is 0 Å². The van der Waals surface area contributed by atoms with Crippen molar-refractivity contribution in [2.24, 2.45) is 0 Å². The van der Waals surface area contributed by atoms with Gasteiger partial charge in [0.25, 0.3) is 0 Å². The van der Waals surface area contributed by atoms with Crippen LogP contribution in [0.1, 0.15) is 24.2 Å². The molecule has 0 aliphatic heterocycles. The molecule has 0 aliphatic carbocycles. The number of carbonyl (C=O) groups is 1. The number of nitrogens with one attached hydrogen (secondary N) is 1. The van der Waals surface area contributed by atoms with Gasteiger partial charge < -0.3 is 14.6 Å². The van der Waals surface area contributed by atoms with Crippen LogP contribution in [0.5, 0.6) is 5.75 Å². The molecule has 0 bridgehead atoms. The molecular weight excluding hydrogens is 400 g/mol. The van der Waals surface area contributed by atoms with Crippen LogP contribution in [0.2, 0.25) is 0 Å². The van der Waals surface area contributed by atoms with Crippen molar-refractivity contribution in [3.8, 4) is 17.1 Å². The van der Waals surface area contributed by atoms with E-state index in [1.54, 1.807) is 11.3 Å². The third-order valence-electron chi connectivity index (χ3n) is 4.46. The fourth-order valence-electron chi connectivity index (χ4n) is 2.99. The number of hydrogen-bond donors (Lipinski definition) is 1. The fourth-order valence-corrected chi connectivity index (χ4v) is 3.95. The molecule has 1 amide bonds. The highest BCUT2D eigenvalue weighted by atomic mass is 32.1. The van der Waals surface area contributed by atoms with Crippen molar-refractivity contribution >= 4 is 27.5 Å². The molecule has 1 N–H and O–H groups in total. The lowest BCUT2D eigenvalue weighted by molar-refractivity contribution is -0.121. The average Bonchev–Trinajstić information content (AvgIpc) is 3.40. The number of amides is 1. The number of benzene rings is 2. The number of nitrogens with zero attached hydrogens (tertiary/aromatic N) is 3. The molecule has 2 aromatic heterocycles. The van der Waals surface area contributed by atoms with Crippen LogP contribution < -0.4 is 10.1 Å². The minimum Gasteiger partial charge on any atom is -0.494 e. The van der Waals surface area contributed by atoms with Crippen LogP contribution in [0.15, 0.2) is 53.1 Å². The Balaban J connectivity index is 1.23. The maximum Gasteiger partial charge on any atom is 0.227 e. The van der Waals surface area contributed by atoms with Gasteiger partial charge in [-0.05, 0) is 43.3 Å². The molecule has 0 atom stereocenters. The molecule has 2 heterocycles. The van der Waals surface area contributed by atoms with Crippen LogP contribution in [-0.4, -0.2) is 34.2 Å². The van der Waals surface area contributed by atoms with Crippen LogP contribution in [0.25, 0.3) is 21.6 Å². The van der Waals surface area contributed by atoms with Gasteiger partial charge in [0.2, 0.25) is 17.6 Å². The van der Waals surface area contributed by atoms with E-state index in [9.17, 15) is 4.79 Å². The number of hydrogen-bond acceptors (Lipinski definition) is 7. The van der Waals surface area contributed by atoms with Crippen LogP contribution >= 0.6 is 11.3 Å². The monoisotopic (exact) mass is 422 g/mol. The Hall–Kier alpha value is -3.26. The summed E-state index contributed by atoms with van der Waals surface area (Å²) in [6.07, 6.45) is 1.41. The van der Waals surface area contributed by atoms with Gasteiger partial charge in [-0.3, -0.25) is 4.79 Å². The molecule has 8 heteroatoms. The van der Waals surface area contributed by atoms with E-state index < -0.39 is 0 Å². The van der Waals surface area contributed by atoms with Crippen molar-refractivity contribution in [2.45, 2.75) is 26.2 Å². The second-order valence-electron chi connectivity index (χ2n) is 6.64. The fraction of sp³-hybridized carbons (Fsp3) is 0.273. The van der Waals surface area contributed by atoms with Crippen LogP contribution in [0.4, 0.5) is 0 Å². The number of ether oxygens (including phenoxy) is 1. The second-order valence-corrected chi connectivity index (χ2v) is 7.76. The van der Waals surface area contributed by atoms with E-state index >= 15 is 0 Å². The second kappa shape index (κ2) is 9.49. The molecule has 30 heavy (non-hydrogen) atoms. The van der Waals surface area contributed by atoms with Gasteiger partial charge in [0.05, 0.1) is 21.8 Å². The highest BCUT2D eigenvalue weighted by Gasteiger charge is 2.11. The quantitative estimate of drug-likeness (QED) is 0.438. The third-order valence-corrected chi connectivity index (χ3v) is 5.55. The molecule has 0 aliphatic rings. The summed E-state index contributed by atoms with van der Waals surface area (Å²) in [5, 5.41) is 7.95. The van der Waals surface area contributed by atoms with Gasteiger partial charge in [0.1, 0.15) is 5.75 Å². The first kappa shape index (κ1) is 20.0. The number of thiazole rings is 1. The third kappa shape index (κ3) is 5.01. The minimum absolute atomic E-state index is 0.0445. The zero-order chi connectivity index (χ0) is 20.8. The summed E-state index contributed by atoms with van der Waals surface area (Å²) in [5.74, 6) is 1.70. The molecule has 0 spiro atoms. The zero-order valence-corrected chi connectivity index (χ0v) is 17.4. The molecule has 7 nitrogen and oxygen atoms in total. The summed E-state index contributed by atoms with van der Waals surface area (Å²) in [4.78, 5) is 21.1. The Morgan fingerprint density at radius 2 is 1.93 bits per heavy atom. The maximum absolute atomic E-state index is 12.1. The predicted octanol–water partition coefficient (Wildman–Crippen LogP) is 4.04. The van der Waals surface area contributed by atoms with E-state index in [4.69, 9.17) is 9.26 Å². The summed E-state index contributed by atoms with van der Waals surface area (Å²) >= 11 is 1.66. The lowest BCUT2D eigenvalue weighted by Crippen LogP contribution is -2.25. The Labute approximate surface area is 178 Å². The van der Waals surface area contributed by atoms with Crippen LogP contribution in [0, 0.1) is 0 Å². The highest BCUT2D eigenvalue weighted by molar-refractivity contribution is 7.18.